The second-order valence-electron chi connectivity index (χ2n) is 7.57. The fourth-order valence-corrected chi connectivity index (χ4v) is 3.86. The van der Waals surface area contributed by atoms with Gasteiger partial charge in [0.25, 0.3) is 0 Å². The van der Waals surface area contributed by atoms with Crippen molar-refractivity contribution in [2.24, 2.45) is 0 Å². The summed E-state index contributed by atoms with van der Waals surface area (Å²) in [6, 6.07) is 22.3. The average molecular weight is 371 g/mol. The molecule has 1 aliphatic carbocycles. The largest absolute Gasteiger partial charge is 0.337 e. The van der Waals surface area contributed by atoms with Gasteiger partial charge >= 0.3 is 6.03 Å². The molecule has 1 heterocycles. The predicted octanol–water partition coefficient (Wildman–Crippen LogP) is 5.30. The van der Waals surface area contributed by atoms with Crippen molar-refractivity contribution in [2.45, 2.75) is 31.6 Å². The third-order valence-electron chi connectivity index (χ3n) is 5.66. The molecule has 0 unspecified atom stereocenters. The number of amides is 2. The number of pyridine rings is 1. The molecule has 2 N–H and O–H groups in total. The van der Waals surface area contributed by atoms with E-state index in [2.05, 4.69) is 45.9 Å². The van der Waals surface area contributed by atoms with E-state index < -0.39 is 0 Å². The number of carbonyl (C=O) groups excluding carboxylic acids is 1. The lowest BCUT2D eigenvalue weighted by Gasteiger charge is -2.42. The highest BCUT2D eigenvalue weighted by atomic mass is 16.2. The molecule has 28 heavy (non-hydrogen) atoms. The third-order valence-corrected chi connectivity index (χ3v) is 5.66. The summed E-state index contributed by atoms with van der Waals surface area (Å²) >= 11 is 0. The summed E-state index contributed by atoms with van der Waals surface area (Å²) in [7, 11) is 0. The summed E-state index contributed by atoms with van der Waals surface area (Å²) in [5, 5.41) is 6.01. The van der Waals surface area contributed by atoms with Crippen LogP contribution in [-0.2, 0) is 5.41 Å². The van der Waals surface area contributed by atoms with Crippen molar-refractivity contribution in [2.75, 3.05) is 11.9 Å². The Hall–Kier alpha value is -3.14. The van der Waals surface area contributed by atoms with Gasteiger partial charge in [-0.1, -0.05) is 48.9 Å². The number of rotatable bonds is 5. The number of hydrogen-bond acceptors (Lipinski definition) is 2. The number of aromatic nitrogens is 1. The Morgan fingerprint density at radius 3 is 2.39 bits per heavy atom. The van der Waals surface area contributed by atoms with E-state index in [1.165, 1.54) is 12.0 Å². The first-order chi connectivity index (χ1) is 13.6. The highest BCUT2D eigenvalue weighted by Crippen LogP contribution is 2.43. The lowest BCUT2D eigenvalue weighted by Crippen LogP contribution is -2.46. The van der Waals surface area contributed by atoms with Crippen LogP contribution in [0.15, 0.2) is 72.9 Å². The Bertz CT molecular complexity index is 947. The molecule has 0 bridgehead atoms. The second-order valence-corrected chi connectivity index (χ2v) is 7.57. The molecule has 0 spiro atoms. The van der Waals surface area contributed by atoms with Gasteiger partial charge in [-0.25, -0.2) is 4.79 Å². The van der Waals surface area contributed by atoms with Crippen LogP contribution in [0.1, 0.15) is 30.5 Å². The van der Waals surface area contributed by atoms with Crippen LogP contribution in [-0.4, -0.2) is 17.6 Å². The topological polar surface area (TPSA) is 54.0 Å². The molecule has 2 amide bonds. The van der Waals surface area contributed by atoms with E-state index in [0.29, 0.717) is 6.54 Å². The Kier molecular flexibility index (Phi) is 5.11. The van der Waals surface area contributed by atoms with Gasteiger partial charge in [0.2, 0.25) is 0 Å². The van der Waals surface area contributed by atoms with Crippen molar-refractivity contribution in [3.05, 3.63) is 84.2 Å². The maximum Gasteiger partial charge on any atom is 0.319 e. The third kappa shape index (κ3) is 3.91. The summed E-state index contributed by atoms with van der Waals surface area (Å²) in [6.45, 7) is 2.64. The zero-order valence-corrected chi connectivity index (χ0v) is 16.1. The van der Waals surface area contributed by atoms with Gasteiger partial charge in [-0.05, 0) is 60.7 Å². The summed E-state index contributed by atoms with van der Waals surface area (Å²) in [5.74, 6) is 0. The van der Waals surface area contributed by atoms with Crippen LogP contribution in [0.2, 0.25) is 0 Å². The van der Waals surface area contributed by atoms with Gasteiger partial charge in [0.05, 0.1) is 0 Å². The van der Waals surface area contributed by atoms with Crippen molar-refractivity contribution in [3.63, 3.8) is 0 Å². The van der Waals surface area contributed by atoms with Crippen molar-refractivity contribution in [3.8, 4) is 11.1 Å². The Morgan fingerprint density at radius 2 is 1.75 bits per heavy atom. The number of nitrogens with zero attached hydrogens (tertiary/aromatic N) is 1. The van der Waals surface area contributed by atoms with Gasteiger partial charge < -0.3 is 10.6 Å². The second kappa shape index (κ2) is 7.85. The molecule has 3 aromatic rings. The number of anilines is 1. The SMILES string of the molecule is Cc1cc(-c2ccc(NC(=O)NCC3(c4ccccc4)CCC3)cc2)ccn1. The summed E-state index contributed by atoms with van der Waals surface area (Å²) in [5.41, 5.74) is 5.41. The molecule has 1 fully saturated rings. The Labute approximate surface area is 166 Å². The number of carbonyl (C=O) groups is 1. The van der Waals surface area contributed by atoms with Crippen molar-refractivity contribution in [1.82, 2.24) is 10.3 Å². The van der Waals surface area contributed by atoms with E-state index in [0.717, 1.165) is 35.3 Å². The van der Waals surface area contributed by atoms with E-state index in [1.54, 1.807) is 0 Å². The number of aryl methyl sites for hydroxylation is 1. The lowest BCUT2D eigenvalue weighted by molar-refractivity contribution is 0.222. The molecule has 0 aliphatic heterocycles. The van der Waals surface area contributed by atoms with Crippen molar-refractivity contribution < 1.29 is 4.79 Å². The van der Waals surface area contributed by atoms with E-state index in [4.69, 9.17) is 0 Å². The maximum atomic E-state index is 12.4. The van der Waals surface area contributed by atoms with Gasteiger partial charge in [0, 0.05) is 29.5 Å². The lowest BCUT2D eigenvalue weighted by atomic mass is 9.64. The number of benzene rings is 2. The molecular formula is C24H25N3O. The first-order valence-corrected chi connectivity index (χ1v) is 9.78. The molecule has 0 atom stereocenters. The normalized spacial score (nSPS) is 14.8. The molecule has 2 aromatic carbocycles. The van der Waals surface area contributed by atoms with Gasteiger partial charge in [-0.2, -0.15) is 0 Å². The molecule has 1 aromatic heterocycles. The standard InChI is InChI=1S/C24H25N3O/c1-18-16-20(12-15-25-18)19-8-10-22(11-9-19)27-23(28)26-17-24(13-5-14-24)21-6-3-2-4-7-21/h2-4,6-12,15-16H,5,13-14,17H2,1H3,(H2,26,27,28). The van der Waals surface area contributed by atoms with Gasteiger partial charge in [-0.3, -0.25) is 4.98 Å². The molecular weight excluding hydrogens is 346 g/mol. The predicted molar refractivity (Wildman–Crippen MR) is 113 cm³/mol. The zero-order valence-electron chi connectivity index (χ0n) is 16.1. The molecule has 0 saturated heterocycles. The first-order valence-electron chi connectivity index (χ1n) is 9.78. The minimum absolute atomic E-state index is 0.0850. The highest BCUT2D eigenvalue weighted by Gasteiger charge is 2.38. The van der Waals surface area contributed by atoms with Crippen LogP contribution in [0.4, 0.5) is 10.5 Å². The first kappa shape index (κ1) is 18.2. The van der Waals surface area contributed by atoms with Crippen molar-refractivity contribution >= 4 is 11.7 Å². The number of urea groups is 1. The van der Waals surface area contributed by atoms with E-state index >= 15 is 0 Å². The van der Waals surface area contributed by atoms with Crippen LogP contribution in [0, 0.1) is 6.92 Å². The molecule has 142 valence electrons. The van der Waals surface area contributed by atoms with Crippen LogP contribution in [0.3, 0.4) is 0 Å². The Balaban J connectivity index is 1.36. The van der Waals surface area contributed by atoms with E-state index in [1.807, 2.05) is 49.5 Å². The molecule has 4 rings (SSSR count). The maximum absolute atomic E-state index is 12.4. The quantitative estimate of drug-likeness (QED) is 0.639. The summed E-state index contributed by atoms with van der Waals surface area (Å²) in [6.07, 6.45) is 5.27. The number of nitrogens with one attached hydrogen (secondary N) is 2. The molecule has 0 radical (unpaired) electrons. The minimum atomic E-state index is -0.158. The van der Waals surface area contributed by atoms with Crippen LogP contribution >= 0.6 is 0 Å². The van der Waals surface area contributed by atoms with Gasteiger partial charge in [0.1, 0.15) is 0 Å². The smallest absolute Gasteiger partial charge is 0.319 e. The van der Waals surface area contributed by atoms with Crippen LogP contribution in [0.25, 0.3) is 11.1 Å². The molecule has 1 aliphatic rings. The van der Waals surface area contributed by atoms with Crippen molar-refractivity contribution in [1.29, 1.82) is 0 Å². The summed E-state index contributed by atoms with van der Waals surface area (Å²) in [4.78, 5) is 16.6. The van der Waals surface area contributed by atoms with Gasteiger partial charge in [0.15, 0.2) is 0 Å². The highest BCUT2D eigenvalue weighted by molar-refractivity contribution is 5.89. The fourth-order valence-electron chi connectivity index (χ4n) is 3.86. The molecule has 4 nitrogen and oxygen atoms in total. The Morgan fingerprint density at radius 1 is 1.00 bits per heavy atom. The molecule has 1 saturated carbocycles. The van der Waals surface area contributed by atoms with Crippen LogP contribution < -0.4 is 10.6 Å². The van der Waals surface area contributed by atoms with E-state index in [-0.39, 0.29) is 11.4 Å². The van der Waals surface area contributed by atoms with Crippen LogP contribution in [0.5, 0.6) is 0 Å². The van der Waals surface area contributed by atoms with E-state index in [9.17, 15) is 4.79 Å². The average Bonchev–Trinajstić information content (AvgIpc) is 2.69. The summed E-state index contributed by atoms with van der Waals surface area (Å²) < 4.78 is 0. The fraction of sp³-hybridized carbons (Fsp3) is 0.250. The van der Waals surface area contributed by atoms with Gasteiger partial charge in [-0.15, -0.1) is 0 Å². The number of hydrogen-bond donors (Lipinski definition) is 2. The zero-order chi connectivity index (χ0) is 19.4. The minimum Gasteiger partial charge on any atom is -0.337 e. The molecule has 4 heteroatoms. The monoisotopic (exact) mass is 371 g/mol.